The molecular weight excluding hydrogens is 404 g/mol. The van der Waals surface area contributed by atoms with Crippen molar-refractivity contribution in [3.05, 3.63) is 64.3 Å². The predicted molar refractivity (Wildman–Crippen MR) is 119 cm³/mol. The lowest BCUT2D eigenvalue weighted by Gasteiger charge is -2.20. The summed E-state index contributed by atoms with van der Waals surface area (Å²) in [5.41, 5.74) is 4.43. The minimum absolute atomic E-state index is 0.00868. The molecule has 29 heavy (non-hydrogen) atoms. The van der Waals surface area contributed by atoms with Crippen LogP contribution in [0.5, 0.6) is 5.75 Å². The van der Waals surface area contributed by atoms with E-state index in [1.54, 1.807) is 18.9 Å². The molecule has 0 bridgehead atoms. The fraction of sp³-hybridized carbons (Fsp3) is 0.304. The zero-order valence-corrected chi connectivity index (χ0v) is 17.9. The van der Waals surface area contributed by atoms with Gasteiger partial charge in [0.2, 0.25) is 5.91 Å². The number of benzene rings is 2. The predicted octanol–water partition coefficient (Wildman–Crippen LogP) is 5.18. The topological polar surface area (TPSA) is 51.2 Å². The number of aryl methyl sites for hydroxylation is 1. The molecule has 0 saturated heterocycles. The number of ether oxygens (including phenoxy) is 1. The molecule has 6 heteroatoms. The Bertz CT molecular complexity index is 1050. The van der Waals surface area contributed by atoms with Crippen LogP contribution in [0.4, 0.5) is 0 Å². The highest BCUT2D eigenvalue weighted by Gasteiger charge is 2.19. The zero-order chi connectivity index (χ0) is 20.2. The molecule has 150 valence electrons. The van der Waals surface area contributed by atoms with Crippen LogP contribution < -0.4 is 10.1 Å². The lowest BCUT2D eigenvalue weighted by atomic mass is 9.94. The van der Waals surface area contributed by atoms with Crippen molar-refractivity contribution in [1.29, 1.82) is 0 Å². The summed E-state index contributed by atoms with van der Waals surface area (Å²) in [6.45, 7) is 0.484. The molecule has 2 aromatic carbocycles. The number of halogens is 1. The van der Waals surface area contributed by atoms with E-state index in [1.165, 1.54) is 17.7 Å². The van der Waals surface area contributed by atoms with Crippen molar-refractivity contribution in [2.24, 2.45) is 0 Å². The molecule has 0 spiro atoms. The molecule has 3 aromatic rings. The van der Waals surface area contributed by atoms with Gasteiger partial charge in [0, 0.05) is 27.5 Å². The van der Waals surface area contributed by atoms with Crippen molar-refractivity contribution in [3.8, 4) is 5.75 Å². The number of carbonyl (C=O) groups excluding carboxylic acids is 1. The van der Waals surface area contributed by atoms with Gasteiger partial charge in [0.15, 0.2) is 0 Å². The molecule has 1 aromatic heterocycles. The number of methoxy groups -OCH3 is 1. The van der Waals surface area contributed by atoms with E-state index >= 15 is 0 Å². The number of fused-ring (bicyclic) bond motifs is 2. The van der Waals surface area contributed by atoms with Crippen LogP contribution in [0.2, 0.25) is 5.02 Å². The number of amides is 1. The van der Waals surface area contributed by atoms with Gasteiger partial charge >= 0.3 is 0 Å². The van der Waals surface area contributed by atoms with Gasteiger partial charge in [0.05, 0.1) is 18.4 Å². The van der Waals surface area contributed by atoms with Crippen molar-refractivity contribution >= 4 is 40.2 Å². The van der Waals surface area contributed by atoms with Crippen molar-refractivity contribution in [2.45, 2.75) is 37.1 Å². The Morgan fingerprint density at radius 2 is 2.07 bits per heavy atom. The number of hydrogen-bond acceptors (Lipinski definition) is 4. The van der Waals surface area contributed by atoms with Crippen LogP contribution in [-0.2, 0) is 24.2 Å². The van der Waals surface area contributed by atoms with Crippen LogP contribution in [0.1, 0.15) is 29.7 Å². The van der Waals surface area contributed by atoms with Crippen molar-refractivity contribution in [3.63, 3.8) is 0 Å². The first-order valence-electron chi connectivity index (χ1n) is 9.77. The molecule has 1 N–H and O–H groups in total. The van der Waals surface area contributed by atoms with Gasteiger partial charge in [0.1, 0.15) is 5.75 Å². The van der Waals surface area contributed by atoms with E-state index in [-0.39, 0.29) is 5.91 Å². The Morgan fingerprint density at radius 1 is 1.21 bits per heavy atom. The highest BCUT2D eigenvalue weighted by atomic mass is 35.5. The van der Waals surface area contributed by atoms with Gasteiger partial charge in [-0.15, -0.1) is 11.8 Å². The minimum atomic E-state index is 0.00868. The summed E-state index contributed by atoms with van der Waals surface area (Å²) in [5, 5.41) is 4.74. The molecule has 4 rings (SSSR count). The Hall–Kier alpha value is -2.24. The van der Waals surface area contributed by atoms with Crippen LogP contribution in [0.25, 0.3) is 10.9 Å². The Labute approximate surface area is 180 Å². The molecule has 0 radical (unpaired) electrons. The number of carbonyl (C=O) groups is 1. The molecule has 0 atom stereocenters. The number of nitrogens with one attached hydrogen (secondary N) is 1. The van der Waals surface area contributed by atoms with E-state index in [0.717, 1.165) is 46.4 Å². The van der Waals surface area contributed by atoms with Gasteiger partial charge in [-0.2, -0.15) is 0 Å². The van der Waals surface area contributed by atoms with Crippen LogP contribution in [0, 0.1) is 0 Å². The third-order valence-corrected chi connectivity index (χ3v) is 6.54. The summed E-state index contributed by atoms with van der Waals surface area (Å²) in [4.78, 5) is 18.5. The number of rotatable bonds is 6. The van der Waals surface area contributed by atoms with Crippen LogP contribution in [-0.4, -0.2) is 23.8 Å². The average molecular weight is 427 g/mol. The standard InChI is InChI=1S/C23H23ClN2O2S/c1-28-17-6-4-5-15(11-17)13-25-22(27)14-29-23-18-7-2-3-8-20(18)26-21-10-9-16(24)12-19(21)23/h4-6,9-12H,2-3,7-8,13-14H2,1H3,(H,25,27). The van der Waals surface area contributed by atoms with Crippen molar-refractivity contribution < 1.29 is 9.53 Å². The Kier molecular flexibility index (Phi) is 6.26. The third-order valence-electron chi connectivity index (χ3n) is 5.14. The van der Waals surface area contributed by atoms with Gasteiger partial charge < -0.3 is 10.1 Å². The monoisotopic (exact) mass is 426 g/mol. The number of thioether (sulfide) groups is 1. The normalized spacial score (nSPS) is 13.2. The second-order valence-corrected chi connectivity index (χ2v) is 8.57. The first-order valence-corrected chi connectivity index (χ1v) is 11.1. The van der Waals surface area contributed by atoms with Gasteiger partial charge in [-0.05, 0) is 67.1 Å². The smallest absolute Gasteiger partial charge is 0.230 e. The SMILES string of the molecule is COc1cccc(CNC(=O)CSc2c3c(nc4ccc(Cl)cc24)CCCC3)c1. The quantitative estimate of drug-likeness (QED) is 0.551. The van der Waals surface area contributed by atoms with Crippen LogP contribution in [0.3, 0.4) is 0 Å². The lowest BCUT2D eigenvalue weighted by molar-refractivity contribution is -0.118. The Morgan fingerprint density at radius 3 is 2.93 bits per heavy atom. The maximum atomic E-state index is 12.5. The fourth-order valence-electron chi connectivity index (χ4n) is 3.69. The average Bonchev–Trinajstić information content (AvgIpc) is 2.75. The summed E-state index contributed by atoms with van der Waals surface area (Å²) in [6.07, 6.45) is 4.35. The van der Waals surface area contributed by atoms with E-state index < -0.39 is 0 Å². The Balaban J connectivity index is 1.50. The third kappa shape index (κ3) is 4.68. The molecule has 0 saturated carbocycles. The highest BCUT2D eigenvalue weighted by molar-refractivity contribution is 8.00. The van der Waals surface area contributed by atoms with Gasteiger partial charge in [-0.25, -0.2) is 0 Å². The lowest BCUT2D eigenvalue weighted by Crippen LogP contribution is -2.24. The first kappa shape index (κ1) is 20.0. The van der Waals surface area contributed by atoms with Crippen LogP contribution in [0.15, 0.2) is 47.4 Å². The van der Waals surface area contributed by atoms with E-state index in [9.17, 15) is 4.79 Å². The van der Waals surface area contributed by atoms with E-state index in [2.05, 4.69) is 5.32 Å². The van der Waals surface area contributed by atoms with E-state index in [1.807, 2.05) is 42.5 Å². The first-order chi connectivity index (χ1) is 14.1. The maximum absolute atomic E-state index is 12.5. The van der Waals surface area contributed by atoms with Crippen molar-refractivity contribution in [2.75, 3.05) is 12.9 Å². The number of hydrogen-bond donors (Lipinski definition) is 1. The molecule has 0 unspecified atom stereocenters. The zero-order valence-electron chi connectivity index (χ0n) is 16.3. The summed E-state index contributed by atoms with van der Waals surface area (Å²) < 4.78 is 5.24. The second kappa shape index (κ2) is 9.06. The summed E-state index contributed by atoms with van der Waals surface area (Å²) in [5.74, 6) is 1.16. The molecular formula is C23H23ClN2O2S. The van der Waals surface area contributed by atoms with E-state index in [4.69, 9.17) is 21.3 Å². The molecule has 0 fully saturated rings. The fourth-order valence-corrected chi connectivity index (χ4v) is 4.95. The molecule has 1 amide bonds. The van der Waals surface area contributed by atoms with E-state index in [0.29, 0.717) is 17.3 Å². The largest absolute Gasteiger partial charge is 0.497 e. The van der Waals surface area contributed by atoms with Crippen molar-refractivity contribution in [1.82, 2.24) is 10.3 Å². The minimum Gasteiger partial charge on any atom is -0.497 e. The summed E-state index contributed by atoms with van der Waals surface area (Å²) in [6, 6.07) is 13.5. The van der Waals surface area contributed by atoms with Gasteiger partial charge in [0.25, 0.3) is 0 Å². The molecule has 1 aliphatic carbocycles. The second-order valence-electron chi connectivity index (χ2n) is 7.15. The maximum Gasteiger partial charge on any atom is 0.230 e. The molecule has 1 aliphatic rings. The van der Waals surface area contributed by atoms with Gasteiger partial charge in [-0.3, -0.25) is 9.78 Å². The van der Waals surface area contributed by atoms with Gasteiger partial charge in [-0.1, -0.05) is 23.7 Å². The summed E-state index contributed by atoms with van der Waals surface area (Å²) in [7, 11) is 1.64. The number of aromatic nitrogens is 1. The van der Waals surface area contributed by atoms with Crippen LogP contribution >= 0.6 is 23.4 Å². The molecule has 4 nitrogen and oxygen atoms in total. The molecule has 0 aliphatic heterocycles. The molecule has 1 heterocycles. The number of nitrogens with zero attached hydrogens (tertiary/aromatic N) is 1. The summed E-state index contributed by atoms with van der Waals surface area (Å²) >= 11 is 7.84. The number of pyridine rings is 1. The highest BCUT2D eigenvalue weighted by Crippen LogP contribution is 2.37.